The summed E-state index contributed by atoms with van der Waals surface area (Å²) in [4.78, 5) is 0. The number of ether oxygens (including phenoxy) is 1. The van der Waals surface area contributed by atoms with Gasteiger partial charge in [-0.05, 0) is 19.8 Å². The summed E-state index contributed by atoms with van der Waals surface area (Å²) in [7, 11) is 0. The summed E-state index contributed by atoms with van der Waals surface area (Å²) in [6, 6.07) is 0. The Bertz CT molecular complexity index is 151. The number of nitrogens with two attached hydrogens (primary N) is 1. The van der Waals surface area contributed by atoms with E-state index in [1.165, 1.54) is 0 Å². The maximum Gasteiger partial charge on any atom is 0.0796 e. The van der Waals surface area contributed by atoms with Crippen LogP contribution in [0.4, 0.5) is 0 Å². The normalized spacial score (nSPS) is 28.0. The average Bonchev–Trinajstić information content (AvgIpc) is 2.06. The van der Waals surface area contributed by atoms with E-state index in [9.17, 15) is 5.11 Å². The molecule has 0 aromatic heterocycles. The molecule has 0 spiro atoms. The molecule has 0 aromatic carbocycles. The topological polar surface area (TPSA) is 55.5 Å². The van der Waals surface area contributed by atoms with E-state index in [1.54, 1.807) is 0 Å². The zero-order chi connectivity index (χ0) is 9.24. The van der Waals surface area contributed by atoms with Crippen LogP contribution < -0.4 is 5.73 Å². The van der Waals surface area contributed by atoms with Crippen LogP contribution in [-0.4, -0.2) is 30.5 Å². The van der Waals surface area contributed by atoms with E-state index in [2.05, 4.69) is 6.92 Å². The SMILES string of the molecule is CC(O)(CN)C1(C)CCOCC1. The van der Waals surface area contributed by atoms with Crippen molar-refractivity contribution in [1.29, 1.82) is 0 Å². The monoisotopic (exact) mass is 173 g/mol. The minimum Gasteiger partial charge on any atom is -0.388 e. The van der Waals surface area contributed by atoms with Crippen LogP contribution in [0.3, 0.4) is 0 Å². The van der Waals surface area contributed by atoms with E-state index < -0.39 is 5.60 Å². The highest BCUT2D eigenvalue weighted by molar-refractivity contribution is 4.94. The molecule has 1 heterocycles. The van der Waals surface area contributed by atoms with Gasteiger partial charge in [-0.2, -0.15) is 0 Å². The van der Waals surface area contributed by atoms with Crippen LogP contribution in [0, 0.1) is 5.41 Å². The van der Waals surface area contributed by atoms with E-state index in [0.717, 1.165) is 26.1 Å². The molecule has 1 aliphatic heterocycles. The molecular formula is C9H19NO2. The van der Waals surface area contributed by atoms with Crippen LogP contribution in [0.15, 0.2) is 0 Å². The molecule has 3 nitrogen and oxygen atoms in total. The van der Waals surface area contributed by atoms with E-state index in [4.69, 9.17) is 10.5 Å². The fourth-order valence-corrected chi connectivity index (χ4v) is 1.61. The Morgan fingerprint density at radius 1 is 1.50 bits per heavy atom. The highest BCUT2D eigenvalue weighted by Crippen LogP contribution is 2.39. The van der Waals surface area contributed by atoms with Gasteiger partial charge in [0, 0.05) is 25.2 Å². The van der Waals surface area contributed by atoms with Gasteiger partial charge in [0.05, 0.1) is 5.60 Å². The Kier molecular flexibility index (Phi) is 2.76. The van der Waals surface area contributed by atoms with Crippen molar-refractivity contribution in [2.75, 3.05) is 19.8 Å². The first kappa shape index (κ1) is 9.96. The lowest BCUT2D eigenvalue weighted by molar-refractivity contribution is -0.107. The van der Waals surface area contributed by atoms with Gasteiger partial charge in [0.15, 0.2) is 0 Å². The predicted octanol–water partition coefficient (Wildman–Crippen LogP) is 0.513. The predicted molar refractivity (Wildman–Crippen MR) is 47.8 cm³/mol. The highest BCUT2D eigenvalue weighted by Gasteiger charge is 2.42. The van der Waals surface area contributed by atoms with Crippen molar-refractivity contribution < 1.29 is 9.84 Å². The molecule has 1 fully saturated rings. The molecular weight excluding hydrogens is 154 g/mol. The lowest BCUT2D eigenvalue weighted by Crippen LogP contribution is -2.52. The summed E-state index contributed by atoms with van der Waals surface area (Å²) < 4.78 is 5.25. The van der Waals surface area contributed by atoms with Crippen LogP contribution in [0.1, 0.15) is 26.7 Å². The summed E-state index contributed by atoms with van der Waals surface area (Å²) in [5, 5.41) is 10.0. The molecule has 0 aromatic rings. The fraction of sp³-hybridized carbons (Fsp3) is 1.00. The molecule has 3 N–H and O–H groups in total. The number of rotatable bonds is 2. The van der Waals surface area contributed by atoms with Gasteiger partial charge in [-0.3, -0.25) is 0 Å². The Morgan fingerprint density at radius 2 is 2.00 bits per heavy atom. The van der Waals surface area contributed by atoms with Crippen molar-refractivity contribution in [3.63, 3.8) is 0 Å². The van der Waals surface area contributed by atoms with Crippen molar-refractivity contribution in [3.05, 3.63) is 0 Å². The summed E-state index contributed by atoms with van der Waals surface area (Å²) in [5.74, 6) is 0. The molecule has 0 radical (unpaired) electrons. The first-order valence-electron chi connectivity index (χ1n) is 4.52. The van der Waals surface area contributed by atoms with Gasteiger partial charge in [-0.1, -0.05) is 6.92 Å². The molecule has 1 unspecified atom stereocenters. The molecule has 72 valence electrons. The van der Waals surface area contributed by atoms with Gasteiger partial charge in [0.1, 0.15) is 0 Å². The van der Waals surface area contributed by atoms with Crippen LogP contribution in [-0.2, 0) is 4.74 Å². The van der Waals surface area contributed by atoms with E-state index in [0.29, 0.717) is 6.54 Å². The Balaban J connectivity index is 2.68. The number of hydrogen-bond donors (Lipinski definition) is 2. The molecule has 1 rings (SSSR count). The zero-order valence-electron chi connectivity index (χ0n) is 7.97. The van der Waals surface area contributed by atoms with E-state index in [-0.39, 0.29) is 5.41 Å². The maximum atomic E-state index is 10.0. The molecule has 0 aliphatic carbocycles. The van der Waals surface area contributed by atoms with Gasteiger partial charge in [-0.15, -0.1) is 0 Å². The minimum atomic E-state index is -0.753. The van der Waals surface area contributed by atoms with Crippen molar-refractivity contribution in [3.8, 4) is 0 Å². The third-order valence-electron chi connectivity index (χ3n) is 3.29. The Hall–Kier alpha value is -0.120. The molecule has 12 heavy (non-hydrogen) atoms. The van der Waals surface area contributed by atoms with Crippen molar-refractivity contribution in [1.82, 2.24) is 0 Å². The lowest BCUT2D eigenvalue weighted by Gasteiger charge is -2.44. The summed E-state index contributed by atoms with van der Waals surface area (Å²) >= 11 is 0. The highest BCUT2D eigenvalue weighted by atomic mass is 16.5. The van der Waals surface area contributed by atoms with Gasteiger partial charge in [0.25, 0.3) is 0 Å². The second-order valence-electron chi connectivity index (χ2n) is 4.15. The van der Waals surface area contributed by atoms with Gasteiger partial charge in [0.2, 0.25) is 0 Å². The van der Waals surface area contributed by atoms with Crippen LogP contribution >= 0.6 is 0 Å². The largest absolute Gasteiger partial charge is 0.388 e. The Labute approximate surface area is 73.9 Å². The van der Waals surface area contributed by atoms with Gasteiger partial charge >= 0.3 is 0 Å². The number of hydrogen-bond acceptors (Lipinski definition) is 3. The van der Waals surface area contributed by atoms with Crippen LogP contribution in [0.25, 0.3) is 0 Å². The quantitative estimate of drug-likeness (QED) is 0.640. The summed E-state index contributed by atoms with van der Waals surface area (Å²) in [6.45, 7) is 5.71. The standard InChI is InChI=1S/C9H19NO2/c1-8(9(2,11)7-10)3-5-12-6-4-8/h11H,3-7,10H2,1-2H3. The average molecular weight is 173 g/mol. The molecule has 1 atom stereocenters. The third kappa shape index (κ3) is 1.63. The first-order chi connectivity index (χ1) is 5.52. The van der Waals surface area contributed by atoms with Crippen molar-refractivity contribution >= 4 is 0 Å². The van der Waals surface area contributed by atoms with Crippen molar-refractivity contribution in [2.24, 2.45) is 11.1 Å². The zero-order valence-corrected chi connectivity index (χ0v) is 7.97. The minimum absolute atomic E-state index is 0.0694. The van der Waals surface area contributed by atoms with E-state index >= 15 is 0 Å². The smallest absolute Gasteiger partial charge is 0.0796 e. The maximum absolute atomic E-state index is 10.0. The van der Waals surface area contributed by atoms with E-state index in [1.807, 2.05) is 6.92 Å². The second-order valence-corrected chi connectivity index (χ2v) is 4.15. The summed E-state index contributed by atoms with van der Waals surface area (Å²) in [5.41, 5.74) is 4.71. The Morgan fingerprint density at radius 3 is 2.42 bits per heavy atom. The molecule has 1 aliphatic rings. The third-order valence-corrected chi connectivity index (χ3v) is 3.29. The molecule has 3 heteroatoms. The first-order valence-corrected chi connectivity index (χ1v) is 4.52. The molecule has 0 bridgehead atoms. The molecule has 0 saturated carbocycles. The second kappa shape index (κ2) is 3.32. The van der Waals surface area contributed by atoms with Gasteiger partial charge < -0.3 is 15.6 Å². The fourth-order valence-electron chi connectivity index (χ4n) is 1.61. The van der Waals surface area contributed by atoms with Crippen molar-refractivity contribution in [2.45, 2.75) is 32.3 Å². The summed E-state index contributed by atoms with van der Waals surface area (Å²) in [6.07, 6.45) is 1.80. The van der Waals surface area contributed by atoms with Crippen LogP contribution in [0.5, 0.6) is 0 Å². The van der Waals surface area contributed by atoms with Crippen LogP contribution in [0.2, 0.25) is 0 Å². The lowest BCUT2D eigenvalue weighted by atomic mass is 9.69. The number of aliphatic hydroxyl groups is 1. The molecule has 0 amide bonds. The van der Waals surface area contributed by atoms with Gasteiger partial charge in [-0.25, -0.2) is 0 Å². The molecule has 1 saturated heterocycles.